The van der Waals surface area contributed by atoms with Gasteiger partial charge in [-0.3, -0.25) is 14.9 Å². The lowest BCUT2D eigenvalue weighted by Crippen LogP contribution is -2.53. The molecule has 2 fully saturated rings. The van der Waals surface area contributed by atoms with Crippen molar-refractivity contribution in [3.8, 4) is 0 Å². The SMILES string of the molecule is Cn1c2c(ccc1=O)C(NC(O)[C@@H]1C[C@@H](O)CN1C(=O)[C@@H](n1cc(C3CC3)nn1)C(C)(C)C)CCC2. The molecule has 2 aromatic heterocycles. The van der Waals surface area contributed by atoms with Crippen LogP contribution in [0.25, 0.3) is 0 Å². The number of hydrogen-bond donors (Lipinski definition) is 3. The standard InChI is InChI=1S/C26H38N6O4/c1-26(2,3)23(32-14-19(28-29-32)15-8-9-15)25(36)31-13-16(33)12-21(31)24(35)27-18-6-5-7-20-17(18)10-11-22(34)30(20)4/h10-11,14-16,18,21,23-24,27,33,35H,5-9,12-13H2,1-4H3/t16-,18?,21+,23-,24?/m1/s1. The lowest BCUT2D eigenvalue weighted by molar-refractivity contribution is -0.142. The van der Waals surface area contributed by atoms with Crippen molar-refractivity contribution in [2.75, 3.05) is 6.54 Å². The third-order valence-electron chi connectivity index (χ3n) is 7.94. The molecule has 36 heavy (non-hydrogen) atoms. The lowest BCUT2D eigenvalue weighted by atomic mass is 9.85. The molecule has 1 aliphatic heterocycles. The Labute approximate surface area is 211 Å². The van der Waals surface area contributed by atoms with Gasteiger partial charge in [0.15, 0.2) is 0 Å². The zero-order valence-corrected chi connectivity index (χ0v) is 21.6. The van der Waals surface area contributed by atoms with Crippen LogP contribution in [0.15, 0.2) is 23.1 Å². The number of pyridine rings is 1. The molecule has 1 amide bonds. The molecule has 2 aromatic rings. The van der Waals surface area contributed by atoms with Crippen molar-refractivity contribution in [3.05, 3.63) is 45.6 Å². The number of β-amino-alcohol motifs (C(OH)–C–C–N with tert-alkyl or cyclic N) is 1. The second kappa shape index (κ2) is 9.39. The van der Waals surface area contributed by atoms with E-state index in [1.165, 1.54) is 0 Å². The van der Waals surface area contributed by atoms with Gasteiger partial charge in [0.05, 0.1) is 17.8 Å². The van der Waals surface area contributed by atoms with Gasteiger partial charge in [-0.25, -0.2) is 4.68 Å². The second-order valence-electron chi connectivity index (χ2n) is 11.8. The van der Waals surface area contributed by atoms with E-state index in [0.29, 0.717) is 5.92 Å². The molecule has 3 heterocycles. The van der Waals surface area contributed by atoms with Gasteiger partial charge >= 0.3 is 0 Å². The first kappa shape index (κ1) is 25.1. The molecule has 0 spiro atoms. The highest BCUT2D eigenvalue weighted by atomic mass is 16.3. The Morgan fingerprint density at radius 3 is 2.67 bits per heavy atom. The van der Waals surface area contributed by atoms with Crippen LogP contribution in [-0.4, -0.2) is 65.5 Å². The molecule has 2 aliphatic carbocycles. The molecule has 0 bridgehead atoms. The smallest absolute Gasteiger partial charge is 0.250 e. The maximum atomic E-state index is 14.0. The van der Waals surface area contributed by atoms with Crippen LogP contribution in [-0.2, 0) is 18.3 Å². The molecule has 3 N–H and O–H groups in total. The Morgan fingerprint density at radius 1 is 1.22 bits per heavy atom. The summed E-state index contributed by atoms with van der Waals surface area (Å²) in [6, 6.07) is 2.07. The minimum atomic E-state index is -1.03. The van der Waals surface area contributed by atoms with Crippen molar-refractivity contribution in [1.82, 2.24) is 29.8 Å². The fourth-order valence-electron chi connectivity index (χ4n) is 5.86. The summed E-state index contributed by atoms with van der Waals surface area (Å²) >= 11 is 0. The van der Waals surface area contributed by atoms with Crippen LogP contribution < -0.4 is 10.9 Å². The molecule has 10 heteroatoms. The molecule has 1 saturated heterocycles. The summed E-state index contributed by atoms with van der Waals surface area (Å²) in [5.74, 6) is 0.253. The molecule has 2 unspecified atom stereocenters. The monoisotopic (exact) mass is 498 g/mol. The van der Waals surface area contributed by atoms with E-state index in [1.807, 2.05) is 33.0 Å². The maximum absolute atomic E-state index is 14.0. The third kappa shape index (κ3) is 4.73. The number of hydrogen-bond acceptors (Lipinski definition) is 7. The van der Waals surface area contributed by atoms with Gasteiger partial charge in [-0.2, -0.15) is 0 Å². The van der Waals surface area contributed by atoms with Gasteiger partial charge in [0, 0.05) is 43.5 Å². The summed E-state index contributed by atoms with van der Waals surface area (Å²) in [6.45, 7) is 6.14. The van der Waals surface area contributed by atoms with Crippen LogP contribution in [0.3, 0.4) is 0 Å². The van der Waals surface area contributed by atoms with Gasteiger partial charge in [0.25, 0.3) is 0 Å². The number of aliphatic hydroxyl groups is 2. The number of fused-ring (bicyclic) bond motifs is 1. The van der Waals surface area contributed by atoms with Crippen LogP contribution in [0.5, 0.6) is 0 Å². The van der Waals surface area contributed by atoms with Crippen molar-refractivity contribution in [1.29, 1.82) is 0 Å². The molecule has 196 valence electrons. The summed E-state index contributed by atoms with van der Waals surface area (Å²) in [5, 5.41) is 33.8. The molecular weight excluding hydrogens is 460 g/mol. The highest BCUT2D eigenvalue weighted by Crippen LogP contribution is 2.40. The van der Waals surface area contributed by atoms with Crippen LogP contribution in [0.2, 0.25) is 0 Å². The summed E-state index contributed by atoms with van der Waals surface area (Å²) in [4.78, 5) is 27.7. The van der Waals surface area contributed by atoms with Gasteiger partial charge in [-0.1, -0.05) is 32.1 Å². The topological polar surface area (TPSA) is 126 Å². The Morgan fingerprint density at radius 2 is 1.97 bits per heavy atom. The number of amides is 1. The van der Waals surface area contributed by atoms with Crippen LogP contribution >= 0.6 is 0 Å². The molecule has 0 aromatic carbocycles. The van der Waals surface area contributed by atoms with Gasteiger partial charge in [-0.15, -0.1) is 5.10 Å². The molecular formula is C26H38N6O4. The third-order valence-corrected chi connectivity index (χ3v) is 7.94. The number of rotatable bonds is 6. The normalized spacial score (nSPS) is 26.1. The van der Waals surface area contributed by atoms with Crippen molar-refractivity contribution >= 4 is 5.91 Å². The summed E-state index contributed by atoms with van der Waals surface area (Å²) in [6.07, 6.45) is 5.15. The number of aromatic nitrogens is 4. The average molecular weight is 499 g/mol. The predicted molar refractivity (Wildman–Crippen MR) is 133 cm³/mol. The van der Waals surface area contributed by atoms with Crippen LogP contribution in [0.1, 0.15) is 87.8 Å². The first-order valence-electron chi connectivity index (χ1n) is 13.1. The fourth-order valence-corrected chi connectivity index (χ4v) is 5.86. The molecule has 5 rings (SSSR count). The minimum absolute atomic E-state index is 0.0446. The van der Waals surface area contributed by atoms with E-state index in [0.717, 1.165) is 49.1 Å². The molecule has 0 radical (unpaired) electrons. The Balaban J connectivity index is 1.37. The zero-order chi connectivity index (χ0) is 25.8. The Bertz CT molecular complexity index is 1180. The number of nitrogens with zero attached hydrogens (tertiary/aromatic N) is 5. The summed E-state index contributed by atoms with van der Waals surface area (Å²) in [7, 11) is 1.78. The number of carbonyl (C=O) groups excluding carboxylic acids is 1. The number of likely N-dealkylation sites (tertiary alicyclic amines) is 1. The largest absolute Gasteiger partial charge is 0.391 e. The summed E-state index contributed by atoms with van der Waals surface area (Å²) < 4.78 is 3.34. The van der Waals surface area contributed by atoms with E-state index in [4.69, 9.17) is 0 Å². The highest BCUT2D eigenvalue weighted by Gasteiger charge is 2.45. The number of aliphatic hydroxyl groups excluding tert-OH is 2. The number of carbonyl (C=O) groups is 1. The molecule has 3 aliphatic rings. The van der Waals surface area contributed by atoms with Gasteiger partial charge in [0.2, 0.25) is 11.5 Å². The van der Waals surface area contributed by atoms with Crippen LogP contribution in [0, 0.1) is 5.41 Å². The van der Waals surface area contributed by atoms with Gasteiger partial charge < -0.3 is 19.7 Å². The van der Waals surface area contributed by atoms with Crippen molar-refractivity contribution in [3.63, 3.8) is 0 Å². The Kier molecular flexibility index (Phi) is 6.55. The lowest BCUT2D eigenvalue weighted by Gasteiger charge is -2.38. The molecule has 10 nitrogen and oxygen atoms in total. The van der Waals surface area contributed by atoms with E-state index in [9.17, 15) is 19.8 Å². The van der Waals surface area contributed by atoms with Crippen molar-refractivity contribution in [2.45, 2.75) is 95.7 Å². The van der Waals surface area contributed by atoms with Crippen molar-refractivity contribution < 1.29 is 15.0 Å². The van der Waals surface area contributed by atoms with E-state index < -0.39 is 29.8 Å². The average Bonchev–Trinajstić information content (AvgIpc) is 3.42. The van der Waals surface area contributed by atoms with Crippen molar-refractivity contribution in [2.24, 2.45) is 12.5 Å². The highest BCUT2D eigenvalue weighted by molar-refractivity contribution is 5.82. The quantitative estimate of drug-likeness (QED) is 0.514. The maximum Gasteiger partial charge on any atom is 0.250 e. The van der Waals surface area contributed by atoms with Gasteiger partial charge in [0.1, 0.15) is 12.3 Å². The minimum Gasteiger partial charge on any atom is -0.391 e. The molecule has 5 atom stereocenters. The summed E-state index contributed by atoms with van der Waals surface area (Å²) in [5.41, 5.74) is 2.40. The first-order chi connectivity index (χ1) is 17.0. The zero-order valence-electron chi connectivity index (χ0n) is 21.6. The number of nitrogens with one attached hydrogen (secondary N) is 1. The van der Waals surface area contributed by atoms with E-state index in [1.54, 1.807) is 27.3 Å². The second-order valence-corrected chi connectivity index (χ2v) is 11.8. The van der Waals surface area contributed by atoms with E-state index in [2.05, 4.69) is 15.6 Å². The Hall–Kier alpha value is -2.56. The molecule has 1 saturated carbocycles. The fraction of sp³-hybridized carbons (Fsp3) is 0.692. The van der Waals surface area contributed by atoms with Crippen LogP contribution in [0.4, 0.5) is 0 Å². The first-order valence-corrected chi connectivity index (χ1v) is 13.1. The predicted octanol–water partition coefficient (Wildman–Crippen LogP) is 1.39. The van der Waals surface area contributed by atoms with E-state index >= 15 is 0 Å². The van der Waals surface area contributed by atoms with Gasteiger partial charge in [-0.05, 0) is 49.5 Å². The van der Waals surface area contributed by atoms with E-state index in [-0.39, 0.29) is 30.5 Å².